The monoisotopic (exact) mass is 467 g/mol. The maximum atomic E-state index is 12.4. The van der Waals surface area contributed by atoms with Crippen molar-refractivity contribution in [3.8, 4) is 5.75 Å². The van der Waals surface area contributed by atoms with E-state index in [2.05, 4.69) is 6.92 Å². The quantitative estimate of drug-likeness (QED) is 0.317. The Morgan fingerprint density at radius 2 is 1.58 bits per heavy atom. The topological polar surface area (TPSA) is 94.5 Å². The minimum Gasteiger partial charge on any atom is -0.492 e. The number of hydrogen-bond donors (Lipinski definition) is 1. The minimum absolute atomic E-state index is 0.164. The van der Waals surface area contributed by atoms with Crippen molar-refractivity contribution in [2.24, 2.45) is 0 Å². The van der Waals surface area contributed by atoms with Gasteiger partial charge in [-0.1, -0.05) is 38.8 Å². The predicted octanol–water partition coefficient (Wildman–Crippen LogP) is 4.54. The van der Waals surface area contributed by atoms with Gasteiger partial charge in [0.2, 0.25) is 0 Å². The van der Waals surface area contributed by atoms with Crippen LogP contribution in [-0.2, 0) is 25.4 Å². The summed E-state index contributed by atoms with van der Waals surface area (Å²) in [5.74, 6) is -0.331. The number of aliphatic carboxylic acids is 1. The van der Waals surface area contributed by atoms with Crippen LogP contribution in [-0.4, -0.2) is 73.8 Å². The van der Waals surface area contributed by atoms with Crippen molar-refractivity contribution in [3.05, 3.63) is 29.8 Å². The molecule has 0 fully saturated rings. The van der Waals surface area contributed by atoms with E-state index in [9.17, 15) is 14.7 Å². The van der Waals surface area contributed by atoms with E-state index in [-0.39, 0.29) is 18.6 Å². The van der Waals surface area contributed by atoms with Crippen molar-refractivity contribution in [3.63, 3.8) is 0 Å². The Labute approximate surface area is 198 Å². The summed E-state index contributed by atoms with van der Waals surface area (Å²) < 4.78 is 22.2. The van der Waals surface area contributed by atoms with E-state index in [4.69, 9.17) is 18.9 Å². The third kappa shape index (κ3) is 13.1. The van der Waals surface area contributed by atoms with Crippen LogP contribution in [0.1, 0.15) is 58.9 Å². The molecule has 0 spiro atoms. The van der Waals surface area contributed by atoms with E-state index in [1.807, 2.05) is 32.9 Å². The summed E-state index contributed by atoms with van der Waals surface area (Å²) in [4.78, 5) is 25.4. The highest BCUT2D eigenvalue weighted by Crippen LogP contribution is 2.15. The molecule has 0 radical (unpaired) electrons. The second-order valence-corrected chi connectivity index (χ2v) is 8.13. The first-order valence-electron chi connectivity index (χ1n) is 12.0. The van der Waals surface area contributed by atoms with Crippen molar-refractivity contribution in [1.29, 1.82) is 0 Å². The molecule has 8 nitrogen and oxygen atoms in total. The van der Waals surface area contributed by atoms with Crippen LogP contribution in [0.3, 0.4) is 0 Å². The molecule has 1 rings (SSSR count). The molecule has 1 atom stereocenters. The lowest BCUT2D eigenvalue weighted by Crippen LogP contribution is -2.37. The number of hydrogen-bond acceptors (Lipinski definition) is 6. The van der Waals surface area contributed by atoms with Crippen LogP contribution in [0.5, 0.6) is 5.75 Å². The second-order valence-electron chi connectivity index (χ2n) is 8.13. The van der Waals surface area contributed by atoms with E-state index in [1.54, 1.807) is 17.0 Å². The Balaban J connectivity index is 2.54. The fourth-order valence-corrected chi connectivity index (χ4v) is 2.94. The van der Waals surface area contributed by atoms with Gasteiger partial charge in [0.1, 0.15) is 12.4 Å². The van der Waals surface area contributed by atoms with E-state index < -0.39 is 12.1 Å². The molecule has 0 bridgehead atoms. The summed E-state index contributed by atoms with van der Waals surface area (Å²) in [6.07, 6.45) is 2.73. The molecule has 0 saturated heterocycles. The summed E-state index contributed by atoms with van der Waals surface area (Å²) in [5, 5.41) is 9.32. The number of rotatable bonds is 18. The van der Waals surface area contributed by atoms with Crippen molar-refractivity contribution in [2.45, 2.75) is 72.0 Å². The summed E-state index contributed by atoms with van der Waals surface area (Å²) in [6, 6.07) is 7.24. The van der Waals surface area contributed by atoms with Gasteiger partial charge in [-0.2, -0.15) is 0 Å². The van der Waals surface area contributed by atoms with Crippen LogP contribution >= 0.6 is 0 Å². The van der Waals surface area contributed by atoms with Gasteiger partial charge in [0, 0.05) is 19.6 Å². The highest BCUT2D eigenvalue weighted by molar-refractivity contribution is 5.72. The first-order chi connectivity index (χ1) is 15.9. The number of nitrogens with zero attached hydrogens (tertiary/aromatic N) is 1. The molecule has 1 amide bonds. The van der Waals surface area contributed by atoms with E-state index in [0.717, 1.165) is 31.2 Å². The average Bonchev–Trinajstić information content (AvgIpc) is 2.78. The number of benzene rings is 1. The zero-order chi connectivity index (χ0) is 24.5. The Morgan fingerprint density at radius 1 is 0.939 bits per heavy atom. The van der Waals surface area contributed by atoms with Crippen molar-refractivity contribution in [2.75, 3.05) is 39.5 Å². The summed E-state index contributed by atoms with van der Waals surface area (Å²) in [7, 11) is 0. The van der Waals surface area contributed by atoms with Crippen molar-refractivity contribution in [1.82, 2.24) is 4.90 Å². The lowest BCUT2D eigenvalue weighted by atomic mass is 10.1. The average molecular weight is 468 g/mol. The largest absolute Gasteiger partial charge is 0.492 e. The molecule has 33 heavy (non-hydrogen) atoms. The van der Waals surface area contributed by atoms with Gasteiger partial charge in [0.15, 0.2) is 6.10 Å². The summed E-state index contributed by atoms with van der Waals surface area (Å²) in [5.41, 5.74) is 0.848. The zero-order valence-corrected chi connectivity index (χ0v) is 20.6. The number of carbonyl (C=O) groups is 2. The van der Waals surface area contributed by atoms with Crippen LogP contribution in [0, 0.1) is 0 Å². The van der Waals surface area contributed by atoms with Crippen LogP contribution in [0.4, 0.5) is 4.79 Å². The Hall–Kier alpha value is -2.32. The molecule has 0 aromatic heterocycles. The molecule has 0 aliphatic rings. The smallest absolute Gasteiger partial charge is 0.409 e. The van der Waals surface area contributed by atoms with Gasteiger partial charge in [-0.25, -0.2) is 9.59 Å². The zero-order valence-electron chi connectivity index (χ0n) is 20.6. The van der Waals surface area contributed by atoms with Gasteiger partial charge in [-0.15, -0.1) is 0 Å². The Kier molecular flexibility index (Phi) is 15.0. The van der Waals surface area contributed by atoms with E-state index in [1.165, 1.54) is 0 Å². The van der Waals surface area contributed by atoms with Crippen LogP contribution in [0.2, 0.25) is 0 Å². The van der Waals surface area contributed by atoms with E-state index >= 15 is 0 Å². The van der Waals surface area contributed by atoms with Crippen molar-refractivity contribution < 1.29 is 33.6 Å². The molecule has 0 aliphatic carbocycles. The van der Waals surface area contributed by atoms with Crippen LogP contribution in [0.15, 0.2) is 24.3 Å². The maximum absolute atomic E-state index is 12.4. The molecule has 1 N–H and O–H groups in total. The first kappa shape index (κ1) is 28.7. The first-order valence-corrected chi connectivity index (χ1v) is 12.0. The highest BCUT2D eigenvalue weighted by atomic mass is 16.6. The summed E-state index contributed by atoms with van der Waals surface area (Å²) >= 11 is 0. The molecular weight excluding hydrogens is 426 g/mol. The van der Waals surface area contributed by atoms with Crippen molar-refractivity contribution >= 4 is 12.1 Å². The molecule has 0 saturated carbocycles. The molecule has 1 unspecified atom stereocenters. The van der Waals surface area contributed by atoms with Gasteiger partial charge < -0.3 is 29.0 Å². The molecule has 188 valence electrons. The van der Waals surface area contributed by atoms with Gasteiger partial charge >= 0.3 is 12.1 Å². The van der Waals surface area contributed by atoms with Crippen LogP contribution < -0.4 is 4.74 Å². The summed E-state index contributed by atoms with van der Waals surface area (Å²) in [6.45, 7) is 10.5. The minimum atomic E-state index is -0.978. The highest BCUT2D eigenvalue weighted by Gasteiger charge is 2.20. The number of unbranched alkanes of at least 4 members (excludes halogenated alkanes) is 2. The molecule has 0 heterocycles. The normalized spacial score (nSPS) is 11.9. The predicted molar refractivity (Wildman–Crippen MR) is 127 cm³/mol. The van der Waals surface area contributed by atoms with Gasteiger partial charge in [0.25, 0.3) is 0 Å². The van der Waals surface area contributed by atoms with Gasteiger partial charge in [-0.3, -0.25) is 0 Å². The third-order valence-corrected chi connectivity index (χ3v) is 4.82. The fourth-order valence-electron chi connectivity index (χ4n) is 2.94. The fraction of sp³-hybridized carbons (Fsp3) is 0.680. The van der Waals surface area contributed by atoms with E-state index in [0.29, 0.717) is 45.3 Å². The molecule has 8 heteroatoms. The Bertz CT molecular complexity index is 663. The maximum Gasteiger partial charge on any atom is 0.409 e. The lowest BCUT2D eigenvalue weighted by molar-refractivity contribution is -0.153. The number of carbonyl (C=O) groups excluding carboxylic acids is 1. The number of carboxylic acid groups (broad SMARTS) is 1. The standard InChI is InChI=1S/C25H41NO7/c1-5-7-15-30-17-13-26(25(29)32-16-8-6-2)14-18-31-22-11-9-21(10-12-22)19-23(24(27)28)33-20(3)4/h9-12,20,23H,5-8,13-19H2,1-4H3,(H,27,28). The number of amides is 1. The molecule has 1 aromatic carbocycles. The Morgan fingerprint density at radius 3 is 2.18 bits per heavy atom. The van der Waals surface area contributed by atoms with Crippen LogP contribution in [0.25, 0.3) is 0 Å². The van der Waals surface area contributed by atoms with Gasteiger partial charge in [0.05, 0.1) is 25.9 Å². The van der Waals surface area contributed by atoms with Gasteiger partial charge in [-0.05, 0) is 44.4 Å². The SMILES string of the molecule is CCCCOCCN(CCOc1ccc(CC(OC(C)C)C(=O)O)cc1)C(=O)OCCCC. The lowest BCUT2D eigenvalue weighted by Gasteiger charge is -2.22. The molecule has 1 aromatic rings. The third-order valence-electron chi connectivity index (χ3n) is 4.82. The molecule has 0 aliphatic heterocycles. The molecular formula is C25H41NO7. The number of ether oxygens (including phenoxy) is 4. The second kappa shape index (κ2) is 17.2. The number of carboxylic acids is 1.